The van der Waals surface area contributed by atoms with E-state index in [2.05, 4.69) is 0 Å². The first-order chi connectivity index (χ1) is 4.00. The monoisotopic (exact) mass is 162 g/mol. The van der Waals surface area contributed by atoms with Crippen LogP contribution in [-0.4, -0.2) is 33.0 Å². The molecule has 0 aromatic heterocycles. The first kappa shape index (κ1) is 12.4. The van der Waals surface area contributed by atoms with Gasteiger partial charge in [-0.2, -0.15) is 5.84 Å². The number of quaternary nitrogens is 1. The van der Waals surface area contributed by atoms with Gasteiger partial charge in [-0.25, -0.2) is 0 Å². The highest BCUT2D eigenvalue weighted by atomic mass is 19.5. The van der Waals surface area contributed by atoms with Gasteiger partial charge in [0.2, 0.25) is 0 Å². The second kappa shape index (κ2) is 3.77. The maximum Gasteiger partial charge on any atom is 0.673 e. The lowest BCUT2D eigenvalue weighted by Gasteiger charge is -2.12. The highest BCUT2D eigenvalue weighted by Crippen LogP contribution is 2.06. The summed E-state index contributed by atoms with van der Waals surface area (Å²) >= 11 is 0. The van der Waals surface area contributed by atoms with E-state index >= 15 is 0 Å². The summed E-state index contributed by atoms with van der Waals surface area (Å²) in [6.07, 6.45) is 0. The Balaban J connectivity index is 0. The van der Waals surface area contributed by atoms with Crippen molar-refractivity contribution in [3.63, 3.8) is 0 Å². The highest BCUT2D eigenvalue weighted by Gasteiger charge is 2.20. The standard InChI is InChI=1S/C3H11N2.BF4/c1-5(2,3)4;2-1(3,4)5/h4H2,1-3H3;/q+1;-1. The van der Waals surface area contributed by atoms with Gasteiger partial charge in [-0.3, -0.25) is 4.59 Å². The number of rotatable bonds is 0. The van der Waals surface area contributed by atoms with Crippen molar-refractivity contribution in [3.05, 3.63) is 0 Å². The molecule has 0 fully saturated rings. The quantitative estimate of drug-likeness (QED) is 0.184. The van der Waals surface area contributed by atoms with Crippen molar-refractivity contribution in [2.75, 3.05) is 21.1 Å². The molecule has 0 saturated heterocycles. The molecule has 0 radical (unpaired) electrons. The Labute approximate surface area is 57.3 Å². The molecule has 0 aliphatic rings. The summed E-state index contributed by atoms with van der Waals surface area (Å²) in [5.41, 5.74) is 0. The van der Waals surface area contributed by atoms with E-state index < -0.39 is 7.25 Å². The van der Waals surface area contributed by atoms with Gasteiger partial charge in [-0.15, -0.1) is 0 Å². The van der Waals surface area contributed by atoms with Crippen LogP contribution in [0.1, 0.15) is 0 Å². The predicted octanol–water partition coefficient (Wildman–Crippen LogP) is 0.866. The summed E-state index contributed by atoms with van der Waals surface area (Å²) in [5.74, 6) is 5.29. The SMILES string of the molecule is C[N+](C)(C)N.F[B-](F)(F)F. The average Bonchev–Trinajstić information content (AvgIpc) is 1.12. The van der Waals surface area contributed by atoms with Gasteiger partial charge in [0.15, 0.2) is 0 Å². The molecule has 0 aromatic rings. The predicted molar refractivity (Wildman–Crippen MR) is 32.4 cm³/mol. The third-order valence-corrected chi connectivity index (χ3v) is 0. The molecule has 0 heterocycles. The minimum Gasteiger partial charge on any atom is -0.418 e. The molecule has 2 N–H and O–H groups in total. The molecule has 10 heavy (non-hydrogen) atoms. The van der Waals surface area contributed by atoms with Crippen molar-refractivity contribution < 1.29 is 21.9 Å². The van der Waals surface area contributed by atoms with Crippen LogP contribution >= 0.6 is 0 Å². The van der Waals surface area contributed by atoms with Crippen molar-refractivity contribution in [1.82, 2.24) is 0 Å². The molecular formula is C3H11BF4N2. The molecular weight excluding hydrogens is 151 g/mol. The molecule has 0 rings (SSSR count). The van der Waals surface area contributed by atoms with Gasteiger partial charge >= 0.3 is 7.25 Å². The second-order valence-corrected chi connectivity index (χ2v) is 2.61. The van der Waals surface area contributed by atoms with Gasteiger partial charge in [-0.1, -0.05) is 0 Å². The fourth-order valence-electron chi connectivity index (χ4n) is 0. The molecule has 2 nitrogen and oxygen atoms in total. The van der Waals surface area contributed by atoms with E-state index in [1.54, 1.807) is 0 Å². The first-order valence-electron chi connectivity index (χ1n) is 2.47. The Bertz CT molecular complexity index is 61.5. The van der Waals surface area contributed by atoms with Crippen molar-refractivity contribution >= 4 is 7.25 Å². The molecule has 64 valence electrons. The highest BCUT2D eigenvalue weighted by molar-refractivity contribution is 6.50. The van der Waals surface area contributed by atoms with Crippen LogP contribution in [0.4, 0.5) is 17.3 Å². The van der Waals surface area contributed by atoms with Crippen LogP contribution in [0.2, 0.25) is 0 Å². The minimum atomic E-state index is -6.00. The van der Waals surface area contributed by atoms with E-state index in [-0.39, 0.29) is 0 Å². The van der Waals surface area contributed by atoms with Gasteiger partial charge in [0.1, 0.15) is 0 Å². The fourth-order valence-corrected chi connectivity index (χ4v) is 0. The molecule has 0 saturated carbocycles. The van der Waals surface area contributed by atoms with Crippen molar-refractivity contribution in [2.24, 2.45) is 5.84 Å². The van der Waals surface area contributed by atoms with Crippen LogP contribution in [0, 0.1) is 0 Å². The molecule has 0 unspecified atom stereocenters. The largest absolute Gasteiger partial charge is 0.673 e. The van der Waals surface area contributed by atoms with Crippen LogP contribution in [0.25, 0.3) is 0 Å². The maximum absolute atomic E-state index is 9.75. The van der Waals surface area contributed by atoms with Crippen molar-refractivity contribution in [3.8, 4) is 0 Å². The van der Waals surface area contributed by atoms with Crippen LogP contribution in [0.3, 0.4) is 0 Å². The normalized spacial score (nSPS) is 12.0. The van der Waals surface area contributed by atoms with E-state index in [1.165, 1.54) is 0 Å². The van der Waals surface area contributed by atoms with Gasteiger partial charge in [0, 0.05) is 0 Å². The zero-order valence-corrected chi connectivity index (χ0v) is 6.11. The Morgan fingerprint density at radius 2 is 1.00 bits per heavy atom. The Morgan fingerprint density at radius 3 is 1.00 bits per heavy atom. The van der Waals surface area contributed by atoms with E-state index in [9.17, 15) is 17.3 Å². The first-order valence-corrected chi connectivity index (χ1v) is 2.47. The van der Waals surface area contributed by atoms with Crippen LogP contribution in [-0.2, 0) is 0 Å². The average molecular weight is 162 g/mol. The fraction of sp³-hybridized carbons (Fsp3) is 1.00. The van der Waals surface area contributed by atoms with E-state index in [0.29, 0.717) is 4.59 Å². The van der Waals surface area contributed by atoms with Gasteiger partial charge in [0.25, 0.3) is 0 Å². The third-order valence-electron chi connectivity index (χ3n) is 0. The zero-order valence-electron chi connectivity index (χ0n) is 6.11. The van der Waals surface area contributed by atoms with Gasteiger partial charge in [-0.05, 0) is 0 Å². The Kier molecular flexibility index (Phi) is 4.67. The summed E-state index contributed by atoms with van der Waals surface area (Å²) in [5, 5.41) is 0. The zero-order chi connectivity index (χ0) is 9.00. The third kappa shape index (κ3) is 3980. The van der Waals surface area contributed by atoms with E-state index in [1.807, 2.05) is 21.1 Å². The van der Waals surface area contributed by atoms with Crippen molar-refractivity contribution in [2.45, 2.75) is 0 Å². The lowest BCUT2D eigenvalue weighted by Crippen LogP contribution is -2.41. The number of nitrogens with two attached hydrogens (primary N) is 1. The summed E-state index contributed by atoms with van der Waals surface area (Å²) in [7, 11) is -0.292. The van der Waals surface area contributed by atoms with E-state index in [0.717, 1.165) is 0 Å². The molecule has 0 aliphatic heterocycles. The topological polar surface area (TPSA) is 26.0 Å². The van der Waals surface area contributed by atoms with Gasteiger partial charge < -0.3 is 17.3 Å². The number of halogens is 4. The lowest BCUT2D eigenvalue weighted by molar-refractivity contribution is -0.882. The van der Waals surface area contributed by atoms with Gasteiger partial charge in [0.05, 0.1) is 21.1 Å². The molecule has 7 heteroatoms. The van der Waals surface area contributed by atoms with Crippen LogP contribution in [0.15, 0.2) is 0 Å². The molecule has 0 bridgehead atoms. The lowest BCUT2D eigenvalue weighted by atomic mass is 10.3. The summed E-state index contributed by atoms with van der Waals surface area (Å²) < 4.78 is 39.5. The summed E-state index contributed by atoms with van der Waals surface area (Å²) in [6.45, 7) is 0. The number of hydrogen-bond acceptors (Lipinski definition) is 1. The molecule has 0 aliphatic carbocycles. The number of nitrogens with zero attached hydrogens (tertiary/aromatic N) is 1. The van der Waals surface area contributed by atoms with Crippen LogP contribution in [0.5, 0.6) is 0 Å². The van der Waals surface area contributed by atoms with Crippen LogP contribution < -0.4 is 5.84 Å². The van der Waals surface area contributed by atoms with Crippen molar-refractivity contribution in [1.29, 1.82) is 0 Å². The maximum atomic E-state index is 9.75. The smallest absolute Gasteiger partial charge is 0.418 e. The summed E-state index contributed by atoms with van der Waals surface area (Å²) in [4.78, 5) is 0. The molecule has 0 aromatic carbocycles. The number of hydrogen-bond donors (Lipinski definition) is 1. The molecule has 0 spiro atoms. The molecule has 0 amide bonds. The van der Waals surface area contributed by atoms with E-state index in [4.69, 9.17) is 5.84 Å². The Hall–Kier alpha value is -0.295. The second-order valence-electron chi connectivity index (χ2n) is 2.61. The Morgan fingerprint density at radius 1 is 1.00 bits per heavy atom. The summed E-state index contributed by atoms with van der Waals surface area (Å²) in [6, 6.07) is 0. The molecule has 0 atom stereocenters. The minimum absolute atomic E-state index is 0.500.